The van der Waals surface area contributed by atoms with Crippen molar-refractivity contribution in [1.82, 2.24) is 0 Å². The van der Waals surface area contributed by atoms with Crippen LogP contribution in [-0.4, -0.2) is 5.78 Å². The first kappa shape index (κ1) is 13.7. The first-order valence-corrected chi connectivity index (χ1v) is 6.78. The van der Waals surface area contributed by atoms with Gasteiger partial charge in [0.1, 0.15) is 0 Å². The molecule has 0 radical (unpaired) electrons. The Hall–Kier alpha value is -1.76. The van der Waals surface area contributed by atoms with Gasteiger partial charge in [-0.25, -0.2) is 0 Å². The first-order valence-electron chi connectivity index (χ1n) is 5.58. The molecule has 0 saturated carbocycles. The molecule has 0 fully saturated rings. The lowest BCUT2D eigenvalue weighted by molar-refractivity contribution is 0.101. The number of benzene rings is 2. The zero-order valence-electron chi connectivity index (χ0n) is 10.2. The minimum Gasteiger partial charge on any atom is -0.294 e. The Bertz CT molecular complexity index is 659. The molecule has 0 aliphatic carbocycles. The van der Waals surface area contributed by atoms with Gasteiger partial charge in [-0.3, -0.25) is 4.79 Å². The number of carbonyl (C=O) groups is 1. The van der Waals surface area contributed by atoms with E-state index >= 15 is 0 Å². The fraction of sp³-hybridized carbons (Fsp3) is 0.0667. The van der Waals surface area contributed by atoms with Gasteiger partial charge in [0.05, 0.1) is 11.6 Å². The number of hydrogen-bond donors (Lipinski definition) is 0. The normalized spacial score (nSPS) is 9.95. The van der Waals surface area contributed by atoms with Crippen molar-refractivity contribution in [3.63, 3.8) is 0 Å². The van der Waals surface area contributed by atoms with Gasteiger partial charge in [-0.05, 0) is 49.4 Å². The average molecular weight is 288 g/mol. The Morgan fingerprint density at radius 3 is 2.47 bits per heavy atom. The van der Waals surface area contributed by atoms with Crippen LogP contribution in [0.3, 0.4) is 0 Å². The zero-order chi connectivity index (χ0) is 13.8. The summed E-state index contributed by atoms with van der Waals surface area (Å²) < 4.78 is 0. The highest BCUT2D eigenvalue weighted by Gasteiger charge is 2.09. The summed E-state index contributed by atoms with van der Waals surface area (Å²) >= 11 is 7.29. The number of nitriles is 1. The van der Waals surface area contributed by atoms with E-state index < -0.39 is 0 Å². The lowest BCUT2D eigenvalue weighted by Gasteiger charge is -2.07. The van der Waals surface area contributed by atoms with Crippen LogP contribution < -0.4 is 0 Å². The standard InChI is InChI=1S/C15H10ClNOS/c1-10(18)14-7-2-11(9-17)8-15(14)19-13-5-3-12(16)4-6-13/h2-8H,1H3. The van der Waals surface area contributed by atoms with Crippen LogP contribution in [-0.2, 0) is 0 Å². The molecule has 0 aromatic heterocycles. The zero-order valence-corrected chi connectivity index (χ0v) is 11.8. The predicted molar refractivity (Wildman–Crippen MR) is 76.7 cm³/mol. The second kappa shape index (κ2) is 5.92. The maximum absolute atomic E-state index is 11.6. The van der Waals surface area contributed by atoms with Crippen molar-refractivity contribution < 1.29 is 4.79 Å². The smallest absolute Gasteiger partial charge is 0.160 e. The number of Topliss-reactive ketones (excluding diaryl/α,β-unsaturated/α-hetero) is 1. The molecule has 0 amide bonds. The maximum atomic E-state index is 11.6. The summed E-state index contributed by atoms with van der Waals surface area (Å²) in [6.07, 6.45) is 0. The molecule has 19 heavy (non-hydrogen) atoms. The van der Waals surface area contributed by atoms with E-state index in [2.05, 4.69) is 6.07 Å². The molecule has 2 aromatic rings. The SMILES string of the molecule is CC(=O)c1ccc(C#N)cc1Sc1ccc(Cl)cc1. The van der Waals surface area contributed by atoms with Crippen molar-refractivity contribution in [3.8, 4) is 6.07 Å². The molecule has 94 valence electrons. The quantitative estimate of drug-likeness (QED) is 0.777. The topological polar surface area (TPSA) is 40.9 Å². The molecule has 0 saturated heterocycles. The van der Waals surface area contributed by atoms with Gasteiger partial charge in [0.2, 0.25) is 0 Å². The lowest BCUT2D eigenvalue weighted by atomic mass is 10.1. The Morgan fingerprint density at radius 2 is 1.89 bits per heavy atom. The van der Waals surface area contributed by atoms with E-state index in [4.69, 9.17) is 16.9 Å². The maximum Gasteiger partial charge on any atom is 0.160 e. The van der Waals surface area contributed by atoms with Crippen molar-refractivity contribution in [2.24, 2.45) is 0 Å². The molecule has 0 atom stereocenters. The van der Waals surface area contributed by atoms with Crippen LogP contribution in [0.5, 0.6) is 0 Å². The Labute approximate surface area is 121 Å². The van der Waals surface area contributed by atoms with Crippen LogP contribution >= 0.6 is 23.4 Å². The number of rotatable bonds is 3. The van der Waals surface area contributed by atoms with E-state index in [1.807, 2.05) is 12.1 Å². The number of ketones is 1. The lowest BCUT2D eigenvalue weighted by Crippen LogP contribution is -1.95. The van der Waals surface area contributed by atoms with Crippen LogP contribution in [0.2, 0.25) is 5.02 Å². The van der Waals surface area contributed by atoms with Gasteiger partial charge in [0, 0.05) is 20.4 Å². The van der Waals surface area contributed by atoms with Gasteiger partial charge in [-0.15, -0.1) is 0 Å². The minimum absolute atomic E-state index is 0.0130. The summed E-state index contributed by atoms with van der Waals surface area (Å²) in [5.74, 6) is -0.0130. The second-order valence-corrected chi connectivity index (χ2v) is 5.49. The first-order chi connectivity index (χ1) is 9.10. The van der Waals surface area contributed by atoms with Crippen molar-refractivity contribution in [2.75, 3.05) is 0 Å². The molecule has 0 bridgehead atoms. The predicted octanol–water partition coefficient (Wildman–Crippen LogP) is 4.57. The fourth-order valence-electron chi connectivity index (χ4n) is 1.60. The molecule has 0 spiro atoms. The Morgan fingerprint density at radius 1 is 1.21 bits per heavy atom. The second-order valence-electron chi connectivity index (χ2n) is 3.93. The number of halogens is 1. The Kier molecular flexibility index (Phi) is 4.26. The summed E-state index contributed by atoms with van der Waals surface area (Å²) in [7, 11) is 0. The van der Waals surface area contributed by atoms with Gasteiger partial charge in [-0.1, -0.05) is 23.4 Å². The minimum atomic E-state index is -0.0130. The largest absolute Gasteiger partial charge is 0.294 e. The summed E-state index contributed by atoms with van der Waals surface area (Å²) in [6.45, 7) is 1.52. The summed E-state index contributed by atoms with van der Waals surface area (Å²) in [5.41, 5.74) is 1.17. The van der Waals surface area contributed by atoms with Crippen LogP contribution in [0, 0.1) is 11.3 Å². The van der Waals surface area contributed by atoms with E-state index in [-0.39, 0.29) is 5.78 Å². The van der Waals surface area contributed by atoms with Crippen LogP contribution in [0.1, 0.15) is 22.8 Å². The van der Waals surface area contributed by atoms with E-state index in [1.54, 1.807) is 30.3 Å². The molecule has 2 nitrogen and oxygen atoms in total. The number of carbonyl (C=O) groups excluding carboxylic acids is 1. The number of hydrogen-bond acceptors (Lipinski definition) is 3. The van der Waals surface area contributed by atoms with Crippen molar-refractivity contribution >= 4 is 29.1 Å². The van der Waals surface area contributed by atoms with E-state index in [0.717, 1.165) is 9.79 Å². The van der Waals surface area contributed by atoms with Crippen LogP contribution in [0.15, 0.2) is 52.3 Å². The highest BCUT2D eigenvalue weighted by atomic mass is 35.5. The molecular formula is C15H10ClNOS. The van der Waals surface area contributed by atoms with E-state index in [1.165, 1.54) is 18.7 Å². The summed E-state index contributed by atoms with van der Waals surface area (Å²) in [4.78, 5) is 13.4. The van der Waals surface area contributed by atoms with Gasteiger partial charge >= 0.3 is 0 Å². The third-order valence-corrected chi connectivity index (χ3v) is 3.85. The van der Waals surface area contributed by atoms with E-state index in [0.29, 0.717) is 16.1 Å². The monoisotopic (exact) mass is 287 g/mol. The van der Waals surface area contributed by atoms with Crippen LogP contribution in [0.25, 0.3) is 0 Å². The molecular weight excluding hydrogens is 278 g/mol. The molecule has 0 unspecified atom stereocenters. The molecule has 2 aromatic carbocycles. The molecule has 4 heteroatoms. The van der Waals surface area contributed by atoms with Crippen LogP contribution in [0.4, 0.5) is 0 Å². The van der Waals surface area contributed by atoms with Crippen molar-refractivity contribution in [2.45, 2.75) is 16.7 Å². The van der Waals surface area contributed by atoms with E-state index in [9.17, 15) is 4.79 Å². The van der Waals surface area contributed by atoms with Gasteiger partial charge in [-0.2, -0.15) is 5.26 Å². The van der Waals surface area contributed by atoms with Gasteiger partial charge in [0.25, 0.3) is 0 Å². The fourth-order valence-corrected chi connectivity index (χ4v) is 2.76. The summed E-state index contributed by atoms with van der Waals surface area (Å²) in [5, 5.41) is 9.60. The molecule has 0 aliphatic heterocycles. The third-order valence-electron chi connectivity index (χ3n) is 2.53. The number of nitrogens with zero attached hydrogens (tertiary/aromatic N) is 1. The highest BCUT2D eigenvalue weighted by molar-refractivity contribution is 7.99. The van der Waals surface area contributed by atoms with Gasteiger partial charge < -0.3 is 0 Å². The van der Waals surface area contributed by atoms with Crippen molar-refractivity contribution in [3.05, 3.63) is 58.6 Å². The summed E-state index contributed by atoms with van der Waals surface area (Å²) in [6, 6.07) is 14.5. The molecule has 2 rings (SSSR count). The van der Waals surface area contributed by atoms with Gasteiger partial charge in [0.15, 0.2) is 5.78 Å². The third kappa shape index (κ3) is 3.37. The molecule has 0 N–H and O–H groups in total. The molecule has 0 heterocycles. The molecule has 0 aliphatic rings. The van der Waals surface area contributed by atoms with Crippen molar-refractivity contribution in [1.29, 1.82) is 5.26 Å². The highest BCUT2D eigenvalue weighted by Crippen LogP contribution is 2.32. The average Bonchev–Trinajstić information content (AvgIpc) is 2.41. The Balaban J connectivity index is 2.40.